The number of carbonyl (C=O) groups is 2. The van der Waals surface area contributed by atoms with E-state index in [0.29, 0.717) is 25.6 Å². The van der Waals surface area contributed by atoms with Gasteiger partial charge in [0.25, 0.3) is 0 Å². The molecule has 2 amide bonds. The van der Waals surface area contributed by atoms with Crippen LogP contribution in [-0.4, -0.2) is 35.9 Å². The molecule has 84 valence electrons. The minimum absolute atomic E-state index is 0.106. The van der Waals surface area contributed by atoms with Gasteiger partial charge >= 0.3 is 0 Å². The molecule has 0 radical (unpaired) electrons. The normalized spacial score (nSPS) is 25.8. The Kier molecular flexibility index (Phi) is 2.90. The Hall–Kier alpha value is -1.10. The highest BCUT2D eigenvalue weighted by molar-refractivity contribution is 5.89. The summed E-state index contributed by atoms with van der Waals surface area (Å²) < 4.78 is 0. The van der Waals surface area contributed by atoms with Crippen LogP contribution in [0.2, 0.25) is 0 Å². The predicted octanol–water partition coefficient (Wildman–Crippen LogP) is 0.0650. The van der Waals surface area contributed by atoms with Crippen LogP contribution in [0.15, 0.2) is 0 Å². The van der Waals surface area contributed by atoms with E-state index in [4.69, 9.17) is 4.84 Å². The molecular weight excluding hydrogens is 196 g/mol. The zero-order valence-electron chi connectivity index (χ0n) is 8.86. The van der Waals surface area contributed by atoms with Crippen LogP contribution in [0.25, 0.3) is 0 Å². The smallest absolute Gasteiger partial charge is 0.248 e. The molecule has 1 atom stereocenters. The topological polar surface area (TPSA) is 58.6 Å². The van der Waals surface area contributed by atoms with E-state index in [1.54, 1.807) is 6.92 Å². The second-order valence-electron chi connectivity index (χ2n) is 4.08. The molecule has 1 aliphatic heterocycles. The molecule has 5 heteroatoms. The summed E-state index contributed by atoms with van der Waals surface area (Å²) in [5.41, 5.74) is 2.36. The Morgan fingerprint density at radius 2 is 2.33 bits per heavy atom. The van der Waals surface area contributed by atoms with Gasteiger partial charge in [-0.3, -0.25) is 14.4 Å². The molecule has 1 unspecified atom stereocenters. The molecule has 2 rings (SSSR count). The highest BCUT2D eigenvalue weighted by Crippen LogP contribution is 2.32. The molecule has 0 aromatic rings. The van der Waals surface area contributed by atoms with Gasteiger partial charge < -0.3 is 4.90 Å². The fourth-order valence-corrected chi connectivity index (χ4v) is 1.87. The van der Waals surface area contributed by atoms with Crippen LogP contribution >= 0.6 is 0 Å². The number of nitrogens with one attached hydrogen (secondary N) is 1. The average Bonchev–Trinajstić information content (AvgIpc) is 2.99. The second-order valence-corrected chi connectivity index (χ2v) is 4.08. The fraction of sp³-hybridized carbons (Fsp3) is 0.800. The first-order chi connectivity index (χ1) is 7.22. The lowest BCUT2D eigenvalue weighted by Crippen LogP contribution is -2.33. The van der Waals surface area contributed by atoms with Crippen LogP contribution in [0.3, 0.4) is 0 Å². The molecule has 15 heavy (non-hydrogen) atoms. The first kappa shape index (κ1) is 10.4. The summed E-state index contributed by atoms with van der Waals surface area (Å²) in [4.78, 5) is 29.7. The van der Waals surface area contributed by atoms with Crippen LogP contribution in [0.1, 0.15) is 26.2 Å². The zero-order chi connectivity index (χ0) is 10.8. The molecule has 1 heterocycles. The monoisotopic (exact) mass is 212 g/mol. The van der Waals surface area contributed by atoms with Crippen molar-refractivity contribution in [2.75, 3.05) is 13.2 Å². The van der Waals surface area contributed by atoms with Gasteiger partial charge in [-0.2, -0.15) is 0 Å². The molecular formula is C10H16N2O3. The van der Waals surface area contributed by atoms with E-state index in [1.165, 1.54) is 0 Å². The van der Waals surface area contributed by atoms with E-state index in [9.17, 15) is 9.59 Å². The molecule has 1 aliphatic carbocycles. The number of rotatable bonds is 4. The highest BCUT2D eigenvalue weighted by Gasteiger charge is 2.41. The predicted molar refractivity (Wildman–Crippen MR) is 52.6 cm³/mol. The number of hydrogen-bond donors (Lipinski definition) is 1. The maximum Gasteiger partial charge on any atom is 0.248 e. The Balaban J connectivity index is 1.84. The number of amides is 2. The van der Waals surface area contributed by atoms with Gasteiger partial charge in [0.15, 0.2) is 0 Å². The molecule has 5 nitrogen and oxygen atoms in total. The SMILES string of the molecule is CCONC(=O)C1CC(=O)N(C2CC2)C1. The van der Waals surface area contributed by atoms with Crippen molar-refractivity contribution >= 4 is 11.8 Å². The van der Waals surface area contributed by atoms with Crippen LogP contribution in [0.5, 0.6) is 0 Å². The molecule has 0 aromatic heterocycles. The summed E-state index contributed by atoms with van der Waals surface area (Å²) >= 11 is 0. The minimum Gasteiger partial charge on any atom is -0.339 e. The largest absolute Gasteiger partial charge is 0.339 e. The molecule has 0 aromatic carbocycles. The van der Waals surface area contributed by atoms with Gasteiger partial charge in [-0.25, -0.2) is 5.48 Å². The van der Waals surface area contributed by atoms with Crippen molar-refractivity contribution in [2.24, 2.45) is 5.92 Å². The lowest BCUT2D eigenvalue weighted by Gasteiger charge is -2.14. The van der Waals surface area contributed by atoms with Crippen molar-refractivity contribution in [1.29, 1.82) is 0 Å². The van der Waals surface area contributed by atoms with Gasteiger partial charge in [0.05, 0.1) is 12.5 Å². The van der Waals surface area contributed by atoms with Gasteiger partial charge in [-0.05, 0) is 19.8 Å². The first-order valence-corrected chi connectivity index (χ1v) is 5.43. The van der Waals surface area contributed by atoms with E-state index in [2.05, 4.69) is 5.48 Å². The van der Waals surface area contributed by atoms with Crippen molar-refractivity contribution in [3.8, 4) is 0 Å². The number of nitrogens with zero attached hydrogens (tertiary/aromatic N) is 1. The van der Waals surface area contributed by atoms with Gasteiger partial charge in [0.1, 0.15) is 0 Å². The van der Waals surface area contributed by atoms with Crippen molar-refractivity contribution < 1.29 is 14.4 Å². The van der Waals surface area contributed by atoms with Crippen molar-refractivity contribution in [3.05, 3.63) is 0 Å². The van der Waals surface area contributed by atoms with E-state index in [0.717, 1.165) is 12.8 Å². The fourth-order valence-electron chi connectivity index (χ4n) is 1.87. The van der Waals surface area contributed by atoms with E-state index in [-0.39, 0.29) is 17.7 Å². The molecule has 1 saturated heterocycles. The third kappa shape index (κ3) is 2.28. The van der Waals surface area contributed by atoms with E-state index in [1.807, 2.05) is 4.90 Å². The Labute approximate surface area is 88.7 Å². The summed E-state index contributed by atoms with van der Waals surface area (Å²) in [6.45, 7) is 2.80. The van der Waals surface area contributed by atoms with Crippen molar-refractivity contribution in [1.82, 2.24) is 10.4 Å². The number of carbonyl (C=O) groups excluding carboxylic acids is 2. The average molecular weight is 212 g/mol. The summed E-state index contributed by atoms with van der Waals surface area (Å²) in [6.07, 6.45) is 2.51. The molecule has 1 saturated carbocycles. The lowest BCUT2D eigenvalue weighted by atomic mass is 10.1. The zero-order valence-corrected chi connectivity index (χ0v) is 8.86. The van der Waals surface area contributed by atoms with Gasteiger partial charge in [0.2, 0.25) is 11.8 Å². The quantitative estimate of drug-likeness (QED) is 0.671. The Morgan fingerprint density at radius 1 is 1.60 bits per heavy atom. The summed E-state index contributed by atoms with van der Waals surface area (Å²) in [5, 5.41) is 0. The molecule has 1 N–H and O–H groups in total. The second kappa shape index (κ2) is 4.18. The van der Waals surface area contributed by atoms with Crippen LogP contribution in [0, 0.1) is 5.92 Å². The maximum absolute atomic E-state index is 11.5. The third-order valence-electron chi connectivity index (χ3n) is 2.83. The molecule has 0 spiro atoms. The van der Waals surface area contributed by atoms with Crippen LogP contribution in [-0.2, 0) is 14.4 Å². The van der Waals surface area contributed by atoms with Crippen molar-refractivity contribution in [2.45, 2.75) is 32.2 Å². The molecule has 0 bridgehead atoms. The summed E-state index contributed by atoms with van der Waals surface area (Å²) in [5.74, 6) is -0.299. The Morgan fingerprint density at radius 3 is 2.93 bits per heavy atom. The van der Waals surface area contributed by atoms with E-state index >= 15 is 0 Å². The third-order valence-corrected chi connectivity index (χ3v) is 2.83. The lowest BCUT2D eigenvalue weighted by molar-refractivity contribution is -0.137. The molecule has 2 aliphatic rings. The van der Waals surface area contributed by atoms with Crippen LogP contribution in [0.4, 0.5) is 0 Å². The maximum atomic E-state index is 11.5. The van der Waals surface area contributed by atoms with Gasteiger partial charge in [0, 0.05) is 19.0 Å². The van der Waals surface area contributed by atoms with Gasteiger partial charge in [-0.1, -0.05) is 0 Å². The molecule has 2 fully saturated rings. The van der Waals surface area contributed by atoms with Gasteiger partial charge in [-0.15, -0.1) is 0 Å². The number of hydroxylamine groups is 1. The standard InChI is InChI=1S/C10H16N2O3/c1-2-15-11-10(14)7-5-9(13)12(6-7)8-3-4-8/h7-8H,2-6H2,1H3,(H,11,14). The number of likely N-dealkylation sites (tertiary alicyclic amines) is 1. The highest BCUT2D eigenvalue weighted by atomic mass is 16.6. The van der Waals surface area contributed by atoms with Crippen molar-refractivity contribution in [3.63, 3.8) is 0 Å². The van der Waals surface area contributed by atoms with E-state index < -0.39 is 0 Å². The minimum atomic E-state index is -0.232. The Bertz CT molecular complexity index is 276. The van der Waals surface area contributed by atoms with Crippen LogP contribution < -0.4 is 5.48 Å². The number of hydrogen-bond acceptors (Lipinski definition) is 3. The summed E-state index contributed by atoms with van der Waals surface area (Å²) in [6, 6.07) is 0.405. The first-order valence-electron chi connectivity index (χ1n) is 5.43. The summed E-state index contributed by atoms with van der Waals surface area (Å²) in [7, 11) is 0.